The standard InChI is InChI=1S/C16H24N2O3/c1-16(12-17,18-2)8-4-5-9-21-14-7-6-13(11-19)10-15(14)20-3/h6-7,10,18-19H,4-5,8-9,11H2,1-3H3. The molecule has 0 amide bonds. The number of hydrogen-bond acceptors (Lipinski definition) is 5. The molecule has 0 radical (unpaired) electrons. The van der Waals surface area contributed by atoms with Gasteiger partial charge in [-0.2, -0.15) is 5.26 Å². The lowest BCUT2D eigenvalue weighted by molar-refractivity contribution is 0.272. The van der Waals surface area contributed by atoms with E-state index in [9.17, 15) is 0 Å². The van der Waals surface area contributed by atoms with Crippen molar-refractivity contribution in [3.63, 3.8) is 0 Å². The van der Waals surface area contributed by atoms with E-state index in [1.165, 1.54) is 0 Å². The first-order chi connectivity index (χ1) is 10.1. The van der Waals surface area contributed by atoms with Gasteiger partial charge >= 0.3 is 0 Å². The number of nitrogens with one attached hydrogen (secondary N) is 1. The predicted molar refractivity (Wildman–Crippen MR) is 81.3 cm³/mol. The Morgan fingerprint density at radius 3 is 2.67 bits per heavy atom. The summed E-state index contributed by atoms with van der Waals surface area (Å²) in [6.07, 6.45) is 2.55. The molecule has 1 aromatic rings. The maximum absolute atomic E-state index is 9.09. The minimum Gasteiger partial charge on any atom is -0.493 e. The molecule has 0 aromatic heterocycles. The number of aliphatic hydroxyl groups excluding tert-OH is 1. The number of ether oxygens (including phenoxy) is 2. The van der Waals surface area contributed by atoms with E-state index in [-0.39, 0.29) is 6.61 Å². The Hall–Kier alpha value is -1.77. The minimum atomic E-state index is -0.472. The van der Waals surface area contributed by atoms with Crippen LogP contribution in [0.2, 0.25) is 0 Å². The molecule has 0 heterocycles. The fourth-order valence-corrected chi connectivity index (χ4v) is 1.93. The largest absolute Gasteiger partial charge is 0.493 e. The Morgan fingerprint density at radius 1 is 1.33 bits per heavy atom. The van der Waals surface area contributed by atoms with Crippen LogP contribution in [-0.4, -0.2) is 31.4 Å². The summed E-state index contributed by atoms with van der Waals surface area (Å²) in [6.45, 7) is 2.44. The molecule has 0 aliphatic heterocycles. The van der Waals surface area contributed by atoms with Crippen LogP contribution in [-0.2, 0) is 6.61 Å². The highest BCUT2D eigenvalue weighted by atomic mass is 16.5. The summed E-state index contributed by atoms with van der Waals surface area (Å²) in [5.41, 5.74) is 0.318. The summed E-state index contributed by atoms with van der Waals surface area (Å²) in [5, 5.41) is 21.2. The van der Waals surface area contributed by atoms with E-state index < -0.39 is 5.54 Å². The van der Waals surface area contributed by atoms with Gasteiger partial charge < -0.3 is 19.9 Å². The quantitative estimate of drug-likeness (QED) is 0.683. The second kappa shape index (κ2) is 8.50. The van der Waals surface area contributed by atoms with E-state index in [0.717, 1.165) is 24.8 Å². The van der Waals surface area contributed by atoms with Gasteiger partial charge in [0.15, 0.2) is 11.5 Å². The first kappa shape index (κ1) is 17.3. The molecular weight excluding hydrogens is 268 g/mol. The molecule has 5 heteroatoms. The van der Waals surface area contributed by atoms with Gasteiger partial charge in [-0.05, 0) is 50.9 Å². The zero-order chi connectivity index (χ0) is 15.7. The van der Waals surface area contributed by atoms with Crippen molar-refractivity contribution in [2.75, 3.05) is 20.8 Å². The van der Waals surface area contributed by atoms with E-state index in [0.29, 0.717) is 18.1 Å². The van der Waals surface area contributed by atoms with Crippen molar-refractivity contribution >= 4 is 0 Å². The Balaban J connectivity index is 2.41. The third kappa shape index (κ3) is 5.25. The Kier molecular flexibility index (Phi) is 7.00. The molecule has 0 bridgehead atoms. The first-order valence-electron chi connectivity index (χ1n) is 7.09. The van der Waals surface area contributed by atoms with Crippen molar-refractivity contribution in [1.29, 1.82) is 5.26 Å². The molecular formula is C16H24N2O3. The molecule has 0 saturated heterocycles. The Bertz CT molecular complexity index is 485. The van der Waals surface area contributed by atoms with Crippen molar-refractivity contribution in [2.24, 2.45) is 0 Å². The summed E-state index contributed by atoms with van der Waals surface area (Å²) in [7, 11) is 3.38. The number of rotatable bonds is 9. The Morgan fingerprint density at radius 2 is 2.10 bits per heavy atom. The SMILES string of the molecule is CNC(C)(C#N)CCCCOc1ccc(CO)cc1OC. The van der Waals surface area contributed by atoms with E-state index in [1.807, 2.05) is 13.0 Å². The van der Waals surface area contributed by atoms with Gasteiger partial charge in [0.2, 0.25) is 0 Å². The second-order valence-corrected chi connectivity index (χ2v) is 5.14. The van der Waals surface area contributed by atoms with Crippen molar-refractivity contribution in [3.05, 3.63) is 23.8 Å². The summed E-state index contributed by atoms with van der Waals surface area (Å²) < 4.78 is 10.9. The van der Waals surface area contributed by atoms with Gasteiger partial charge in [0.25, 0.3) is 0 Å². The summed E-state index contributed by atoms with van der Waals surface area (Å²) in [4.78, 5) is 0. The zero-order valence-electron chi connectivity index (χ0n) is 13.0. The molecule has 0 aliphatic carbocycles. The monoisotopic (exact) mass is 292 g/mol. The van der Waals surface area contributed by atoms with Gasteiger partial charge in [0.1, 0.15) is 5.54 Å². The molecule has 21 heavy (non-hydrogen) atoms. The van der Waals surface area contributed by atoms with Gasteiger partial charge in [0, 0.05) is 0 Å². The Labute approximate surface area is 126 Å². The third-order valence-electron chi connectivity index (χ3n) is 3.54. The lowest BCUT2D eigenvalue weighted by atomic mass is 9.97. The summed E-state index contributed by atoms with van der Waals surface area (Å²) in [6, 6.07) is 7.65. The maximum atomic E-state index is 9.09. The topological polar surface area (TPSA) is 74.5 Å². The van der Waals surface area contributed by atoms with Crippen LogP contribution in [0.1, 0.15) is 31.7 Å². The molecule has 0 spiro atoms. The van der Waals surface area contributed by atoms with Gasteiger partial charge in [-0.3, -0.25) is 0 Å². The van der Waals surface area contributed by atoms with E-state index in [4.69, 9.17) is 19.8 Å². The molecule has 116 valence electrons. The molecule has 2 N–H and O–H groups in total. The number of methoxy groups -OCH3 is 1. The van der Waals surface area contributed by atoms with Crippen LogP contribution in [0.3, 0.4) is 0 Å². The fourth-order valence-electron chi connectivity index (χ4n) is 1.93. The number of nitrogens with zero attached hydrogens (tertiary/aromatic N) is 1. The van der Waals surface area contributed by atoms with Crippen LogP contribution in [0.4, 0.5) is 0 Å². The number of aliphatic hydroxyl groups is 1. The van der Waals surface area contributed by atoms with Gasteiger partial charge in [0.05, 0.1) is 26.4 Å². The maximum Gasteiger partial charge on any atom is 0.161 e. The lowest BCUT2D eigenvalue weighted by Gasteiger charge is -2.20. The highest BCUT2D eigenvalue weighted by Crippen LogP contribution is 2.28. The van der Waals surface area contributed by atoms with Gasteiger partial charge in [-0.25, -0.2) is 0 Å². The predicted octanol–water partition coefficient (Wildman–Crippen LogP) is 2.24. The van der Waals surface area contributed by atoms with Gasteiger partial charge in [-0.1, -0.05) is 6.07 Å². The molecule has 1 atom stereocenters. The normalized spacial score (nSPS) is 13.3. The number of nitriles is 1. The van der Waals surface area contributed by atoms with E-state index >= 15 is 0 Å². The van der Waals surface area contributed by atoms with Crippen LogP contribution in [0.25, 0.3) is 0 Å². The zero-order valence-corrected chi connectivity index (χ0v) is 13.0. The molecule has 5 nitrogen and oxygen atoms in total. The third-order valence-corrected chi connectivity index (χ3v) is 3.54. The molecule has 1 aromatic carbocycles. The molecule has 0 aliphatic rings. The van der Waals surface area contributed by atoms with Crippen molar-refractivity contribution in [3.8, 4) is 17.6 Å². The summed E-state index contributed by atoms with van der Waals surface area (Å²) >= 11 is 0. The minimum absolute atomic E-state index is 0.0204. The van der Waals surface area contributed by atoms with Crippen LogP contribution in [0.5, 0.6) is 11.5 Å². The molecule has 0 saturated carbocycles. The van der Waals surface area contributed by atoms with E-state index in [2.05, 4.69) is 11.4 Å². The average molecular weight is 292 g/mol. The second-order valence-electron chi connectivity index (χ2n) is 5.14. The molecule has 1 rings (SSSR count). The summed E-state index contributed by atoms with van der Waals surface area (Å²) in [5.74, 6) is 1.30. The van der Waals surface area contributed by atoms with Crippen LogP contribution >= 0.6 is 0 Å². The van der Waals surface area contributed by atoms with Crippen LogP contribution in [0, 0.1) is 11.3 Å². The average Bonchev–Trinajstić information content (AvgIpc) is 2.54. The van der Waals surface area contributed by atoms with E-state index in [1.54, 1.807) is 26.3 Å². The van der Waals surface area contributed by atoms with Gasteiger partial charge in [-0.15, -0.1) is 0 Å². The molecule has 1 unspecified atom stereocenters. The number of benzene rings is 1. The lowest BCUT2D eigenvalue weighted by Crippen LogP contribution is -2.37. The van der Waals surface area contributed by atoms with Crippen molar-refractivity contribution < 1.29 is 14.6 Å². The van der Waals surface area contributed by atoms with Crippen molar-refractivity contribution in [1.82, 2.24) is 5.32 Å². The number of hydrogen-bond donors (Lipinski definition) is 2. The number of unbranched alkanes of at least 4 members (excludes halogenated alkanes) is 1. The van der Waals surface area contributed by atoms with Crippen LogP contribution in [0.15, 0.2) is 18.2 Å². The van der Waals surface area contributed by atoms with Crippen LogP contribution < -0.4 is 14.8 Å². The van der Waals surface area contributed by atoms with Crippen molar-refractivity contribution in [2.45, 2.75) is 38.3 Å². The fraction of sp³-hybridized carbons (Fsp3) is 0.562. The highest BCUT2D eigenvalue weighted by molar-refractivity contribution is 5.42. The smallest absolute Gasteiger partial charge is 0.161 e. The highest BCUT2D eigenvalue weighted by Gasteiger charge is 2.19. The first-order valence-corrected chi connectivity index (χ1v) is 7.09. The molecule has 0 fully saturated rings.